The van der Waals surface area contributed by atoms with Crippen LogP contribution in [-0.4, -0.2) is 40.6 Å². The first kappa shape index (κ1) is 36.9. The summed E-state index contributed by atoms with van der Waals surface area (Å²) in [6.45, 7) is 40.3. The van der Waals surface area contributed by atoms with E-state index in [0.29, 0.717) is 23.7 Å². The van der Waals surface area contributed by atoms with Crippen LogP contribution in [0, 0.1) is 10.8 Å². The molecule has 3 heterocycles. The Bertz CT molecular complexity index is 1550. The maximum absolute atomic E-state index is 7.26. The molecule has 2 aromatic carbocycles. The van der Waals surface area contributed by atoms with Gasteiger partial charge in [0.25, 0.3) is 0 Å². The van der Waals surface area contributed by atoms with E-state index in [4.69, 9.17) is 4.65 Å². The zero-order chi connectivity index (χ0) is 35.9. The number of allylic oxidation sites excluding steroid dienone is 1. The third-order valence-corrected chi connectivity index (χ3v) is 12.3. The minimum atomic E-state index is -1.05. The second-order valence-corrected chi connectivity index (χ2v) is 19.8. The van der Waals surface area contributed by atoms with E-state index in [1.54, 1.807) is 5.61 Å². The highest BCUT2D eigenvalue weighted by molar-refractivity contribution is 7.36. The molecule has 0 aromatic heterocycles. The highest BCUT2D eigenvalue weighted by atomic mass is 16.4. The molecule has 2 atom stereocenters. The molecule has 2 aromatic rings. The lowest BCUT2D eigenvalue weighted by molar-refractivity contribution is -0.515. The number of nitrogens with zero attached hydrogens (tertiary/aromatic N) is 2. The molecule has 1 fully saturated rings. The zero-order valence-corrected chi connectivity index (χ0v) is 33.9. The molecule has 0 aliphatic carbocycles. The third-order valence-electron chi connectivity index (χ3n) is 12.3. The van der Waals surface area contributed by atoms with Gasteiger partial charge < -0.3 is 9.55 Å². The van der Waals surface area contributed by atoms with Crippen LogP contribution in [0.4, 0.5) is 11.4 Å². The Morgan fingerprint density at radius 2 is 1.19 bits per heavy atom. The molecular weight excluding hydrogens is 582 g/mol. The van der Waals surface area contributed by atoms with E-state index in [2.05, 4.69) is 170 Å². The first-order valence-corrected chi connectivity index (χ1v) is 19.3. The summed E-state index contributed by atoms with van der Waals surface area (Å²) in [5.74, 6) is 5.68. The SMILES string of the molecule is CC1=C[BH-](C2=[N+](c3c(C(C)C)cccc3C(C)C)C(C)(C)CC2(C)C)B([C@H]2N(c3c(C(C)C)cccc3C(C)C)C(C)(C)CC2(C)C)O1. The average molecular weight is 651 g/mol. The van der Waals surface area contributed by atoms with Gasteiger partial charge in [0.1, 0.15) is 6.60 Å². The summed E-state index contributed by atoms with van der Waals surface area (Å²) in [6.07, 6.45) is 2.25. The molecule has 3 nitrogen and oxygen atoms in total. The van der Waals surface area contributed by atoms with E-state index in [1.807, 2.05) is 0 Å². The van der Waals surface area contributed by atoms with Crippen LogP contribution < -0.4 is 4.90 Å². The van der Waals surface area contributed by atoms with Gasteiger partial charge in [0.05, 0.1) is 0 Å². The maximum atomic E-state index is 7.26. The smallest absolute Gasteiger partial charge is 0.217 e. The maximum Gasteiger partial charge on any atom is 0.217 e. The quantitative estimate of drug-likeness (QED) is 0.209. The van der Waals surface area contributed by atoms with E-state index in [1.165, 1.54) is 33.6 Å². The standard InChI is InChI=1S/C43H68B2N2O/c1-27(2)32-20-18-21-33(28(3)4)36(32)46-38(40(10,11)25-42(46,14)15)44-24-31(9)48-45(44)39-41(12,13)26-43(16,17)47(39)37-34(29(5)6)22-19-23-35(37)30(7)8/h18-24,27-30,39,44H,25-26H2,1-17H3/t39-,44?/m0/s1. The van der Waals surface area contributed by atoms with Crippen LogP contribution in [0.15, 0.2) is 48.1 Å². The Balaban J connectivity index is 1.83. The number of para-hydroxylation sites is 2. The Labute approximate surface area is 296 Å². The molecule has 262 valence electrons. The predicted molar refractivity (Wildman–Crippen MR) is 213 cm³/mol. The number of benzene rings is 2. The van der Waals surface area contributed by atoms with Crippen LogP contribution in [0.2, 0.25) is 0 Å². The fourth-order valence-electron chi connectivity index (χ4n) is 11.2. The Hall–Kier alpha value is -2.42. The average Bonchev–Trinajstić information content (AvgIpc) is 3.47. The number of hydrogen-bond donors (Lipinski definition) is 0. The Kier molecular flexibility index (Phi) is 9.53. The molecule has 3 aliphatic rings. The highest BCUT2D eigenvalue weighted by Gasteiger charge is 2.61. The first-order valence-electron chi connectivity index (χ1n) is 19.3. The van der Waals surface area contributed by atoms with Crippen molar-refractivity contribution >= 4 is 30.4 Å². The fraction of sp³-hybridized carbons (Fsp3) is 0.651. The van der Waals surface area contributed by atoms with Gasteiger partial charge in [-0.3, -0.25) is 0 Å². The van der Waals surface area contributed by atoms with E-state index < -0.39 is 6.60 Å². The van der Waals surface area contributed by atoms with E-state index in [0.717, 1.165) is 18.6 Å². The van der Waals surface area contributed by atoms with Crippen molar-refractivity contribution in [3.8, 4) is 0 Å². The summed E-state index contributed by atoms with van der Waals surface area (Å²) < 4.78 is 10.1. The minimum absolute atomic E-state index is 0.0173. The van der Waals surface area contributed by atoms with Gasteiger partial charge in [-0.25, -0.2) is 10.6 Å². The third kappa shape index (κ3) is 6.12. The first-order chi connectivity index (χ1) is 22.0. The summed E-state index contributed by atoms with van der Waals surface area (Å²) in [7, 11) is 0. The van der Waals surface area contributed by atoms with E-state index >= 15 is 0 Å². The normalized spacial score (nSPS) is 24.5. The molecule has 0 spiro atoms. The lowest BCUT2D eigenvalue weighted by Crippen LogP contribution is -2.62. The van der Waals surface area contributed by atoms with Gasteiger partial charge in [-0.15, -0.1) is 0 Å². The second-order valence-electron chi connectivity index (χ2n) is 19.8. The van der Waals surface area contributed by atoms with Crippen LogP contribution in [-0.2, 0) is 4.65 Å². The lowest BCUT2D eigenvalue weighted by Gasteiger charge is -2.47. The van der Waals surface area contributed by atoms with Crippen molar-refractivity contribution in [3.63, 3.8) is 0 Å². The molecule has 0 saturated carbocycles. The monoisotopic (exact) mass is 651 g/mol. The minimum Gasteiger partial charge on any atom is -0.604 e. The molecule has 0 amide bonds. The van der Waals surface area contributed by atoms with Gasteiger partial charge in [-0.2, -0.15) is 0 Å². The van der Waals surface area contributed by atoms with Crippen molar-refractivity contribution in [1.82, 2.24) is 0 Å². The number of rotatable bonds is 8. The van der Waals surface area contributed by atoms with Gasteiger partial charge in [-0.1, -0.05) is 119 Å². The van der Waals surface area contributed by atoms with Crippen molar-refractivity contribution in [2.45, 2.75) is 171 Å². The van der Waals surface area contributed by atoms with Crippen molar-refractivity contribution in [3.05, 3.63) is 70.4 Å². The van der Waals surface area contributed by atoms with Crippen LogP contribution in [0.25, 0.3) is 0 Å². The lowest BCUT2D eigenvalue weighted by atomic mass is 9.11. The van der Waals surface area contributed by atoms with Gasteiger partial charge in [0.15, 0.2) is 5.54 Å². The van der Waals surface area contributed by atoms with Gasteiger partial charge in [0, 0.05) is 59.7 Å². The number of hydrogen-bond acceptors (Lipinski definition) is 2. The van der Waals surface area contributed by atoms with Crippen LogP contribution >= 0.6 is 0 Å². The molecule has 0 radical (unpaired) electrons. The molecule has 0 bridgehead atoms. The number of anilines is 1. The molecule has 5 rings (SSSR count). The summed E-state index contributed by atoms with van der Waals surface area (Å²) in [5, 5.41) is 0. The second kappa shape index (κ2) is 12.4. The van der Waals surface area contributed by atoms with Crippen LogP contribution in [0.3, 0.4) is 0 Å². The van der Waals surface area contributed by atoms with Crippen LogP contribution in [0.5, 0.6) is 0 Å². The van der Waals surface area contributed by atoms with Gasteiger partial charge in [-0.05, 0) is 73.0 Å². The predicted octanol–water partition coefficient (Wildman–Crippen LogP) is 11.4. The summed E-state index contributed by atoms with van der Waals surface area (Å²) >= 11 is 0. The topological polar surface area (TPSA) is 15.5 Å². The Morgan fingerprint density at radius 1 is 0.729 bits per heavy atom. The molecule has 0 N–H and O–H groups in total. The van der Waals surface area contributed by atoms with Gasteiger partial charge >= 0.3 is 0 Å². The molecule has 3 aliphatic heterocycles. The molecule has 1 unspecified atom stereocenters. The zero-order valence-electron chi connectivity index (χ0n) is 33.9. The van der Waals surface area contributed by atoms with Crippen molar-refractivity contribution in [1.29, 1.82) is 0 Å². The van der Waals surface area contributed by atoms with Gasteiger partial charge in [0.2, 0.25) is 12.5 Å². The molecular formula is C43H68B2N2O. The Morgan fingerprint density at radius 3 is 1.65 bits per heavy atom. The van der Waals surface area contributed by atoms with Crippen LogP contribution in [0.1, 0.15) is 176 Å². The van der Waals surface area contributed by atoms with Crippen molar-refractivity contribution < 1.29 is 9.23 Å². The highest BCUT2D eigenvalue weighted by Crippen LogP contribution is 2.55. The molecule has 5 heteroatoms. The molecule has 1 saturated heterocycles. The largest absolute Gasteiger partial charge is 0.604 e. The molecule has 48 heavy (non-hydrogen) atoms. The van der Waals surface area contributed by atoms with Crippen molar-refractivity contribution in [2.75, 3.05) is 4.90 Å². The summed E-state index contributed by atoms with van der Waals surface area (Å²) in [4.78, 5) is 2.88. The van der Waals surface area contributed by atoms with E-state index in [-0.39, 0.29) is 34.7 Å². The fourth-order valence-corrected chi connectivity index (χ4v) is 11.2. The van der Waals surface area contributed by atoms with Crippen molar-refractivity contribution in [2.24, 2.45) is 10.8 Å². The summed E-state index contributed by atoms with van der Waals surface area (Å²) in [5.41, 5.74) is 10.5. The van der Waals surface area contributed by atoms with E-state index in [9.17, 15) is 0 Å². The summed E-state index contributed by atoms with van der Waals surface area (Å²) in [6, 6.07) is 14.2.